The lowest BCUT2D eigenvalue weighted by Crippen LogP contribution is -2.45. The van der Waals surface area contributed by atoms with E-state index in [0.717, 1.165) is 5.56 Å². The first-order valence-corrected chi connectivity index (χ1v) is 10.8. The zero-order valence-electron chi connectivity index (χ0n) is 16.6. The Morgan fingerprint density at radius 2 is 2.03 bits per heavy atom. The summed E-state index contributed by atoms with van der Waals surface area (Å²) in [5, 5.41) is 12.4. The Balaban J connectivity index is 1.89. The van der Waals surface area contributed by atoms with Crippen molar-refractivity contribution >= 4 is 21.4 Å². The Bertz CT molecular complexity index is 986. The molecule has 0 radical (unpaired) electrons. The highest BCUT2D eigenvalue weighted by Gasteiger charge is 2.34. The molecule has 0 bridgehead atoms. The number of hydrogen-bond acceptors (Lipinski definition) is 9. The summed E-state index contributed by atoms with van der Waals surface area (Å²) in [5.74, 6) is -0.522. The third-order valence-corrected chi connectivity index (χ3v) is 7.16. The number of aryl methyl sites for hydroxylation is 1. The van der Waals surface area contributed by atoms with Gasteiger partial charge in [-0.25, -0.2) is 8.42 Å². The number of anilines is 1. The second-order valence-corrected chi connectivity index (χ2v) is 10.1. The molecule has 3 N–H and O–H groups in total. The van der Waals surface area contributed by atoms with Crippen molar-refractivity contribution < 1.29 is 22.5 Å². The molecular weight excluding hydrogens is 398 g/mol. The molecule has 11 heteroatoms. The Hall–Kier alpha value is -2.34. The summed E-state index contributed by atoms with van der Waals surface area (Å²) < 4.78 is 35.5. The molecule has 1 aliphatic rings. The van der Waals surface area contributed by atoms with Crippen molar-refractivity contribution in [1.82, 2.24) is 20.8 Å². The molecule has 0 aliphatic carbocycles. The topological polar surface area (TPSA) is 135 Å². The molecule has 3 rings (SSSR count). The van der Waals surface area contributed by atoms with Crippen LogP contribution in [-0.4, -0.2) is 49.2 Å². The van der Waals surface area contributed by atoms with Crippen molar-refractivity contribution in [3.8, 4) is 0 Å². The van der Waals surface area contributed by atoms with Gasteiger partial charge in [-0.15, -0.1) is 0 Å². The molecule has 0 unspecified atom stereocenters. The molecule has 0 spiro atoms. The van der Waals surface area contributed by atoms with Crippen molar-refractivity contribution in [2.45, 2.75) is 37.9 Å². The van der Waals surface area contributed by atoms with Gasteiger partial charge in [0.2, 0.25) is 5.89 Å². The molecule has 29 heavy (non-hydrogen) atoms. The van der Waals surface area contributed by atoms with E-state index in [1.54, 1.807) is 39.0 Å². The quantitative estimate of drug-likeness (QED) is 0.645. The first-order chi connectivity index (χ1) is 13.7. The summed E-state index contributed by atoms with van der Waals surface area (Å²) in [4.78, 5) is 16.2. The van der Waals surface area contributed by atoms with E-state index in [2.05, 4.69) is 26.1 Å². The van der Waals surface area contributed by atoms with Gasteiger partial charge in [-0.3, -0.25) is 10.1 Å². The molecule has 1 amide bonds. The normalized spacial score (nSPS) is 19.4. The summed E-state index contributed by atoms with van der Waals surface area (Å²) in [5.41, 5.74) is 1.75. The number of carbonyl (C=O) groups is 1. The fourth-order valence-corrected chi connectivity index (χ4v) is 4.19. The summed E-state index contributed by atoms with van der Waals surface area (Å²) in [7, 11) is -3.49. The van der Waals surface area contributed by atoms with Gasteiger partial charge in [0.1, 0.15) is 0 Å². The number of fused-ring (bicyclic) bond motifs is 1. The molecule has 0 atom stereocenters. The molecule has 2 heterocycles. The van der Waals surface area contributed by atoms with Crippen LogP contribution in [0.15, 0.2) is 22.7 Å². The SMILES string of the molecule is Cc1nc(C(=O)Nc2ccc3c(c2)CS(=O)(=O)C(C)(C)CNCNCOC3)no1. The van der Waals surface area contributed by atoms with Crippen molar-refractivity contribution in [2.75, 3.05) is 25.3 Å². The van der Waals surface area contributed by atoms with Crippen LogP contribution in [0.25, 0.3) is 0 Å². The monoisotopic (exact) mass is 423 g/mol. The molecule has 0 saturated carbocycles. The fourth-order valence-electron chi connectivity index (χ4n) is 2.80. The van der Waals surface area contributed by atoms with Crippen LogP contribution in [-0.2, 0) is 26.9 Å². The largest absolute Gasteiger partial charge is 0.362 e. The number of nitrogens with one attached hydrogen (secondary N) is 3. The molecule has 10 nitrogen and oxygen atoms in total. The van der Waals surface area contributed by atoms with Crippen LogP contribution in [0.5, 0.6) is 0 Å². The first kappa shape index (κ1) is 21.4. The third-order valence-electron chi connectivity index (χ3n) is 4.64. The lowest BCUT2D eigenvalue weighted by molar-refractivity contribution is 0.101. The Morgan fingerprint density at radius 1 is 1.24 bits per heavy atom. The van der Waals surface area contributed by atoms with E-state index in [0.29, 0.717) is 31.2 Å². The number of ether oxygens (including phenoxy) is 1. The minimum absolute atomic E-state index is 0.0931. The third kappa shape index (κ3) is 5.18. The zero-order chi connectivity index (χ0) is 21.1. The number of rotatable bonds is 2. The van der Waals surface area contributed by atoms with Crippen molar-refractivity contribution in [2.24, 2.45) is 0 Å². The molecule has 0 saturated heterocycles. The number of sulfone groups is 1. The molecule has 1 aliphatic heterocycles. The Morgan fingerprint density at radius 3 is 2.76 bits per heavy atom. The average Bonchev–Trinajstić information content (AvgIpc) is 3.07. The van der Waals surface area contributed by atoms with Crippen LogP contribution < -0.4 is 16.0 Å². The molecule has 158 valence electrons. The first-order valence-electron chi connectivity index (χ1n) is 9.13. The molecular formula is C18H25N5O5S. The van der Waals surface area contributed by atoms with E-state index in [1.807, 2.05) is 0 Å². The molecule has 2 aromatic rings. The van der Waals surface area contributed by atoms with Crippen LogP contribution in [0.3, 0.4) is 0 Å². The number of amides is 1. The summed E-state index contributed by atoms with van der Waals surface area (Å²) in [6, 6.07) is 5.08. The maximum Gasteiger partial charge on any atom is 0.297 e. The second-order valence-electron chi connectivity index (χ2n) is 7.44. The number of nitrogens with zero attached hydrogens (tertiary/aromatic N) is 2. The lowest BCUT2D eigenvalue weighted by Gasteiger charge is -2.27. The highest BCUT2D eigenvalue weighted by atomic mass is 32.2. The minimum Gasteiger partial charge on any atom is -0.362 e. The minimum atomic E-state index is -3.49. The van der Waals surface area contributed by atoms with Gasteiger partial charge in [-0.05, 0) is 37.1 Å². The maximum absolute atomic E-state index is 13.0. The van der Waals surface area contributed by atoms with Gasteiger partial charge in [0.15, 0.2) is 9.84 Å². The highest BCUT2D eigenvalue weighted by Crippen LogP contribution is 2.26. The highest BCUT2D eigenvalue weighted by molar-refractivity contribution is 7.92. The van der Waals surface area contributed by atoms with Gasteiger partial charge >= 0.3 is 0 Å². The number of benzene rings is 1. The van der Waals surface area contributed by atoms with E-state index >= 15 is 0 Å². The zero-order valence-corrected chi connectivity index (χ0v) is 17.4. The van der Waals surface area contributed by atoms with Gasteiger partial charge in [-0.1, -0.05) is 11.2 Å². The van der Waals surface area contributed by atoms with E-state index in [1.165, 1.54) is 0 Å². The van der Waals surface area contributed by atoms with E-state index in [9.17, 15) is 13.2 Å². The van der Waals surface area contributed by atoms with E-state index in [-0.39, 0.29) is 24.1 Å². The molecule has 1 aromatic heterocycles. The van der Waals surface area contributed by atoms with Crippen LogP contribution in [0.1, 0.15) is 41.5 Å². The number of hydrogen-bond donors (Lipinski definition) is 3. The summed E-state index contributed by atoms with van der Waals surface area (Å²) in [6.45, 7) is 6.30. The van der Waals surface area contributed by atoms with E-state index < -0.39 is 20.5 Å². The van der Waals surface area contributed by atoms with Gasteiger partial charge < -0.3 is 19.9 Å². The number of carbonyl (C=O) groups excluding carboxylic acids is 1. The van der Waals surface area contributed by atoms with Crippen molar-refractivity contribution in [3.63, 3.8) is 0 Å². The summed E-state index contributed by atoms with van der Waals surface area (Å²) in [6.07, 6.45) is 0. The lowest BCUT2D eigenvalue weighted by atomic mass is 10.1. The molecule has 1 aromatic carbocycles. The predicted molar refractivity (Wildman–Crippen MR) is 106 cm³/mol. The van der Waals surface area contributed by atoms with Crippen LogP contribution in [0.2, 0.25) is 0 Å². The van der Waals surface area contributed by atoms with Crippen LogP contribution in [0, 0.1) is 6.92 Å². The smallest absolute Gasteiger partial charge is 0.297 e. The average molecular weight is 423 g/mol. The van der Waals surface area contributed by atoms with Gasteiger partial charge in [0.25, 0.3) is 11.7 Å². The molecule has 0 fully saturated rings. The second kappa shape index (κ2) is 8.57. The van der Waals surface area contributed by atoms with Gasteiger partial charge in [0, 0.05) is 25.8 Å². The van der Waals surface area contributed by atoms with Crippen LogP contribution in [0.4, 0.5) is 5.69 Å². The standard InChI is InChI=1S/C18H25N5O5S/c1-12-21-16(23-28-12)17(24)22-15-5-4-13-7-27-11-20-10-19-9-18(2,3)29(25,26)8-14(13)6-15/h4-6,19-20H,7-11H2,1-3H3,(H,22,24). The van der Waals surface area contributed by atoms with Gasteiger partial charge in [0.05, 0.1) is 23.8 Å². The fraction of sp³-hybridized carbons (Fsp3) is 0.500. The Kier molecular flexibility index (Phi) is 6.32. The maximum atomic E-state index is 13.0. The summed E-state index contributed by atoms with van der Waals surface area (Å²) >= 11 is 0. The predicted octanol–water partition coefficient (Wildman–Crippen LogP) is 0.948. The van der Waals surface area contributed by atoms with Crippen molar-refractivity contribution in [1.29, 1.82) is 0 Å². The van der Waals surface area contributed by atoms with E-state index in [4.69, 9.17) is 9.26 Å². The number of aromatic nitrogens is 2. The van der Waals surface area contributed by atoms with Gasteiger partial charge in [-0.2, -0.15) is 4.98 Å². The van der Waals surface area contributed by atoms with Crippen LogP contribution >= 0.6 is 0 Å². The van der Waals surface area contributed by atoms with Crippen molar-refractivity contribution in [3.05, 3.63) is 41.0 Å². The Labute approximate surface area is 169 Å².